The highest BCUT2D eigenvalue weighted by molar-refractivity contribution is 6.35. The van der Waals surface area contributed by atoms with E-state index in [-0.39, 0.29) is 6.04 Å². The average molecular weight is 486 g/mol. The van der Waals surface area contributed by atoms with Crippen LogP contribution in [0.5, 0.6) is 5.75 Å². The van der Waals surface area contributed by atoms with Crippen molar-refractivity contribution in [2.24, 2.45) is 0 Å². The number of halogens is 2. The van der Waals surface area contributed by atoms with Gasteiger partial charge in [0.25, 0.3) is 0 Å². The molecule has 0 saturated heterocycles. The number of nitriles is 1. The summed E-state index contributed by atoms with van der Waals surface area (Å²) in [6, 6.07) is 7.45. The molecule has 11 heteroatoms. The van der Waals surface area contributed by atoms with E-state index in [2.05, 4.69) is 31.7 Å². The SMILES string of the molecule is CC(Oc1ccc2[nH]nc(C(O)Nc3cnn(C(C)CC#N)c3)c2c1)c1c(Cl)cncc1Cl. The van der Waals surface area contributed by atoms with Crippen molar-refractivity contribution in [3.8, 4) is 11.8 Å². The first kappa shape index (κ1) is 22.9. The van der Waals surface area contributed by atoms with Crippen molar-refractivity contribution in [3.05, 3.63) is 64.3 Å². The minimum absolute atomic E-state index is 0.0713. The van der Waals surface area contributed by atoms with Crippen molar-refractivity contribution in [2.75, 3.05) is 5.32 Å². The lowest BCUT2D eigenvalue weighted by Crippen LogP contribution is -2.10. The molecular weight excluding hydrogens is 465 g/mol. The molecule has 3 heterocycles. The summed E-state index contributed by atoms with van der Waals surface area (Å²) < 4.78 is 7.74. The molecule has 170 valence electrons. The maximum atomic E-state index is 10.8. The summed E-state index contributed by atoms with van der Waals surface area (Å²) in [7, 11) is 0. The molecule has 3 N–H and O–H groups in total. The Morgan fingerprint density at radius 2 is 2.00 bits per heavy atom. The highest BCUT2D eigenvalue weighted by Crippen LogP contribution is 2.34. The Balaban J connectivity index is 1.54. The Labute approximate surface area is 199 Å². The number of aromatic nitrogens is 5. The Bertz CT molecular complexity index is 1290. The summed E-state index contributed by atoms with van der Waals surface area (Å²) in [5, 5.41) is 35.5. The molecule has 0 aliphatic heterocycles. The van der Waals surface area contributed by atoms with Crippen LogP contribution in [0.25, 0.3) is 10.9 Å². The molecule has 3 unspecified atom stereocenters. The number of aliphatic hydroxyl groups is 1. The number of benzene rings is 1. The number of nitrogens with one attached hydrogen (secondary N) is 2. The molecule has 9 nitrogen and oxygen atoms in total. The predicted octanol–water partition coefficient (Wildman–Crippen LogP) is 5.18. The summed E-state index contributed by atoms with van der Waals surface area (Å²) in [5.74, 6) is 0.562. The summed E-state index contributed by atoms with van der Waals surface area (Å²) in [6.07, 6.45) is 5.17. The molecule has 3 aromatic heterocycles. The molecule has 0 saturated carbocycles. The van der Waals surface area contributed by atoms with E-state index in [4.69, 9.17) is 33.2 Å². The van der Waals surface area contributed by atoms with Gasteiger partial charge in [0.15, 0.2) is 6.23 Å². The van der Waals surface area contributed by atoms with Crippen molar-refractivity contribution in [1.82, 2.24) is 25.0 Å². The lowest BCUT2D eigenvalue weighted by atomic mass is 10.1. The van der Waals surface area contributed by atoms with E-state index in [1.807, 2.05) is 19.9 Å². The van der Waals surface area contributed by atoms with Gasteiger partial charge in [-0.1, -0.05) is 23.2 Å². The van der Waals surface area contributed by atoms with Gasteiger partial charge in [0.1, 0.15) is 17.5 Å². The van der Waals surface area contributed by atoms with E-state index in [0.29, 0.717) is 44.5 Å². The number of fused-ring (bicyclic) bond motifs is 1. The summed E-state index contributed by atoms with van der Waals surface area (Å²) in [4.78, 5) is 3.97. The molecule has 0 fully saturated rings. The fraction of sp³-hybridized carbons (Fsp3) is 0.273. The second-order valence-corrected chi connectivity index (χ2v) is 8.37. The van der Waals surface area contributed by atoms with Crippen LogP contribution in [0.2, 0.25) is 10.0 Å². The fourth-order valence-corrected chi connectivity index (χ4v) is 4.15. The number of aliphatic hydroxyl groups excluding tert-OH is 1. The van der Waals surface area contributed by atoms with Crippen LogP contribution < -0.4 is 10.1 Å². The number of pyridine rings is 1. The lowest BCUT2D eigenvalue weighted by molar-refractivity contribution is 0.204. The van der Waals surface area contributed by atoms with Gasteiger partial charge >= 0.3 is 0 Å². The van der Waals surface area contributed by atoms with Crippen LogP contribution in [0.4, 0.5) is 5.69 Å². The van der Waals surface area contributed by atoms with E-state index in [9.17, 15) is 5.11 Å². The van der Waals surface area contributed by atoms with Crippen LogP contribution in [0.15, 0.2) is 43.0 Å². The quantitative estimate of drug-likeness (QED) is 0.293. The van der Waals surface area contributed by atoms with Crippen LogP contribution in [-0.4, -0.2) is 30.1 Å². The monoisotopic (exact) mass is 485 g/mol. The Kier molecular flexibility index (Phi) is 6.70. The standard InChI is InChI=1S/C22H21Cl2N7O2/c1-12(5-6-25)31-11-14(8-27-31)28-22(32)21-16-7-15(3-4-19(16)29-30-21)33-13(2)20-17(23)9-26-10-18(20)24/h3-4,7-13,22,28,32H,5H2,1-2H3,(H,29,30). The van der Waals surface area contributed by atoms with E-state index in [1.54, 1.807) is 29.2 Å². The van der Waals surface area contributed by atoms with Gasteiger partial charge in [-0.2, -0.15) is 15.5 Å². The number of aromatic amines is 1. The fourth-order valence-electron chi connectivity index (χ4n) is 3.47. The summed E-state index contributed by atoms with van der Waals surface area (Å²) in [6.45, 7) is 3.74. The normalized spacial score (nSPS) is 13.9. The molecule has 0 amide bonds. The van der Waals surface area contributed by atoms with E-state index in [0.717, 1.165) is 5.52 Å². The zero-order valence-corrected chi connectivity index (χ0v) is 19.3. The third-order valence-corrected chi connectivity index (χ3v) is 5.78. The molecule has 33 heavy (non-hydrogen) atoms. The minimum Gasteiger partial charge on any atom is -0.486 e. The topological polar surface area (TPSA) is 125 Å². The van der Waals surface area contributed by atoms with E-state index >= 15 is 0 Å². The highest BCUT2D eigenvalue weighted by atomic mass is 35.5. The number of H-pyrrole nitrogens is 1. The molecule has 4 aromatic rings. The second-order valence-electron chi connectivity index (χ2n) is 7.56. The Morgan fingerprint density at radius 3 is 2.73 bits per heavy atom. The van der Waals surface area contributed by atoms with Crippen molar-refractivity contribution in [1.29, 1.82) is 5.26 Å². The van der Waals surface area contributed by atoms with Crippen molar-refractivity contribution < 1.29 is 9.84 Å². The lowest BCUT2D eigenvalue weighted by Gasteiger charge is -2.17. The van der Waals surface area contributed by atoms with Crippen LogP contribution in [-0.2, 0) is 0 Å². The van der Waals surface area contributed by atoms with Gasteiger partial charge < -0.3 is 15.2 Å². The van der Waals surface area contributed by atoms with E-state index in [1.165, 1.54) is 12.4 Å². The van der Waals surface area contributed by atoms with Crippen molar-refractivity contribution in [3.63, 3.8) is 0 Å². The van der Waals surface area contributed by atoms with Crippen molar-refractivity contribution in [2.45, 2.75) is 38.6 Å². The number of ether oxygens (including phenoxy) is 1. The molecule has 4 rings (SSSR count). The van der Waals surface area contributed by atoms with Crippen LogP contribution >= 0.6 is 23.2 Å². The number of anilines is 1. The third-order valence-electron chi connectivity index (χ3n) is 5.18. The largest absolute Gasteiger partial charge is 0.486 e. The van der Waals surface area contributed by atoms with Crippen LogP contribution in [0.1, 0.15) is 49.9 Å². The number of rotatable bonds is 8. The number of nitrogens with zero attached hydrogens (tertiary/aromatic N) is 5. The smallest absolute Gasteiger partial charge is 0.170 e. The van der Waals surface area contributed by atoms with Gasteiger partial charge in [-0.05, 0) is 32.0 Å². The second kappa shape index (κ2) is 9.67. The van der Waals surface area contributed by atoms with Crippen molar-refractivity contribution >= 4 is 39.8 Å². The first-order valence-electron chi connectivity index (χ1n) is 10.2. The average Bonchev–Trinajstić information content (AvgIpc) is 3.40. The Hall–Kier alpha value is -3.32. The van der Waals surface area contributed by atoms with Crippen LogP contribution in [0, 0.1) is 11.3 Å². The van der Waals surface area contributed by atoms with Gasteiger partial charge in [-0.3, -0.25) is 14.8 Å². The number of hydrogen-bond acceptors (Lipinski definition) is 7. The summed E-state index contributed by atoms with van der Waals surface area (Å²) in [5.41, 5.74) is 2.39. The highest BCUT2D eigenvalue weighted by Gasteiger charge is 2.19. The molecule has 0 aliphatic rings. The third kappa shape index (κ3) is 4.88. The number of hydrogen-bond donors (Lipinski definition) is 3. The molecule has 0 radical (unpaired) electrons. The van der Waals surface area contributed by atoms with Gasteiger partial charge in [0.2, 0.25) is 0 Å². The molecule has 0 aliphatic carbocycles. The zero-order chi connectivity index (χ0) is 23.5. The molecular formula is C22H21Cl2N7O2. The predicted molar refractivity (Wildman–Crippen MR) is 125 cm³/mol. The molecule has 0 bridgehead atoms. The van der Waals surface area contributed by atoms with Gasteiger partial charge in [0.05, 0.1) is 46.0 Å². The van der Waals surface area contributed by atoms with Gasteiger partial charge in [-0.15, -0.1) is 0 Å². The summed E-state index contributed by atoms with van der Waals surface area (Å²) >= 11 is 12.5. The van der Waals surface area contributed by atoms with E-state index < -0.39 is 12.3 Å². The zero-order valence-electron chi connectivity index (χ0n) is 17.8. The first-order valence-corrected chi connectivity index (χ1v) is 10.9. The van der Waals surface area contributed by atoms with Gasteiger partial charge in [0, 0.05) is 29.5 Å². The maximum Gasteiger partial charge on any atom is 0.170 e. The first-order chi connectivity index (χ1) is 15.9. The Morgan fingerprint density at radius 1 is 1.24 bits per heavy atom. The molecule has 3 atom stereocenters. The van der Waals surface area contributed by atoms with Crippen LogP contribution in [0.3, 0.4) is 0 Å². The van der Waals surface area contributed by atoms with Gasteiger partial charge in [-0.25, -0.2) is 0 Å². The molecule has 0 spiro atoms. The minimum atomic E-state index is -1.10. The molecule has 1 aromatic carbocycles. The maximum absolute atomic E-state index is 10.8.